The Morgan fingerprint density at radius 3 is 2.50 bits per heavy atom. The summed E-state index contributed by atoms with van der Waals surface area (Å²) in [5, 5.41) is 22.5. The van der Waals surface area contributed by atoms with Gasteiger partial charge in [-0.1, -0.05) is 18.2 Å². The lowest BCUT2D eigenvalue weighted by atomic mass is 10.1. The zero-order valence-corrected chi connectivity index (χ0v) is 12.0. The van der Waals surface area contributed by atoms with Crippen LogP contribution in [-0.2, 0) is 5.60 Å². The fourth-order valence-electron chi connectivity index (χ4n) is 1.77. The van der Waals surface area contributed by atoms with Gasteiger partial charge < -0.3 is 5.11 Å². The van der Waals surface area contributed by atoms with Crippen LogP contribution in [0.3, 0.4) is 0 Å². The highest BCUT2D eigenvalue weighted by Gasteiger charge is 2.20. The van der Waals surface area contributed by atoms with Crippen LogP contribution in [0.15, 0.2) is 42.5 Å². The van der Waals surface area contributed by atoms with Crippen LogP contribution in [0.4, 0.5) is 0 Å². The van der Waals surface area contributed by atoms with Crippen LogP contribution < -0.4 is 0 Å². The van der Waals surface area contributed by atoms with Crippen LogP contribution in [-0.4, -0.2) is 25.3 Å². The molecule has 0 saturated carbocycles. The van der Waals surface area contributed by atoms with Crippen LogP contribution in [0.2, 0.25) is 0 Å². The summed E-state index contributed by atoms with van der Waals surface area (Å²) >= 11 is 1.47. The van der Waals surface area contributed by atoms with Gasteiger partial charge in [-0.15, -0.1) is 26.3 Å². The van der Waals surface area contributed by atoms with Crippen molar-refractivity contribution < 1.29 is 5.11 Å². The van der Waals surface area contributed by atoms with Gasteiger partial charge in [0.25, 0.3) is 0 Å². The fraction of sp³-hybridized carbons (Fsp3) is 0.214. The summed E-state index contributed by atoms with van der Waals surface area (Å²) in [5.41, 5.74) is 0.0174. The lowest BCUT2D eigenvalue weighted by Gasteiger charge is -2.13. The molecule has 2 heterocycles. The average Bonchev–Trinajstić information content (AvgIpc) is 3.08. The van der Waals surface area contributed by atoms with E-state index in [0.717, 1.165) is 15.4 Å². The molecule has 0 radical (unpaired) electrons. The summed E-state index contributed by atoms with van der Waals surface area (Å²) in [4.78, 5) is 3.27. The fourth-order valence-corrected chi connectivity index (χ4v) is 2.70. The molecule has 1 aromatic carbocycles. The predicted molar refractivity (Wildman–Crippen MR) is 77.7 cm³/mol. The molecule has 0 spiro atoms. The Labute approximate surface area is 120 Å². The van der Waals surface area contributed by atoms with E-state index in [9.17, 15) is 5.11 Å². The number of thiophene rings is 1. The minimum Gasteiger partial charge on any atom is -0.385 e. The second-order valence-electron chi connectivity index (χ2n) is 4.96. The van der Waals surface area contributed by atoms with Gasteiger partial charge in [-0.3, -0.25) is 0 Å². The molecule has 0 fully saturated rings. The second kappa shape index (κ2) is 4.81. The van der Waals surface area contributed by atoms with Crippen molar-refractivity contribution in [3.8, 4) is 16.4 Å². The van der Waals surface area contributed by atoms with E-state index >= 15 is 0 Å². The Morgan fingerprint density at radius 2 is 1.85 bits per heavy atom. The highest BCUT2D eigenvalue weighted by Crippen LogP contribution is 2.32. The number of para-hydroxylation sites is 1. The topological polar surface area (TPSA) is 63.8 Å². The summed E-state index contributed by atoms with van der Waals surface area (Å²) in [6.45, 7) is 3.52. The Hall–Kier alpha value is -2.05. The first-order valence-electron chi connectivity index (χ1n) is 6.22. The van der Waals surface area contributed by atoms with E-state index in [1.807, 2.05) is 42.5 Å². The largest absolute Gasteiger partial charge is 0.385 e. The van der Waals surface area contributed by atoms with Gasteiger partial charge in [-0.2, -0.15) is 0 Å². The van der Waals surface area contributed by atoms with E-state index < -0.39 is 5.60 Å². The van der Waals surface area contributed by atoms with E-state index in [1.54, 1.807) is 13.8 Å². The minimum atomic E-state index is -0.849. The van der Waals surface area contributed by atoms with E-state index in [2.05, 4.69) is 15.4 Å². The second-order valence-corrected chi connectivity index (χ2v) is 6.04. The third kappa shape index (κ3) is 2.48. The number of aromatic nitrogens is 4. The summed E-state index contributed by atoms with van der Waals surface area (Å²) in [5.74, 6) is 0.564. The molecule has 0 bridgehead atoms. The van der Waals surface area contributed by atoms with Crippen LogP contribution in [0.1, 0.15) is 18.7 Å². The normalized spacial score (nSPS) is 11.8. The average molecular weight is 286 g/mol. The minimum absolute atomic E-state index is 0.564. The van der Waals surface area contributed by atoms with Crippen LogP contribution in [0.5, 0.6) is 0 Å². The molecule has 0 atom stereocenters. The Balaban J connectivity index is 1.93. The monoisotopic (exact) mass is 286 g/mol. The van der Waals surface area contributed by atoms with Crippen LogP contribution in [0, 0.1) is 0 Å². The quantitative estimate of drug-likeness (QED) is 0.804. The molecular formula is C14H14N4OS. The van der Waals surface area contributed by atoms with Crippen molar-refractivity contribution in [2.75, 3.05) is 0 Å². The summed E-state index contributed by atoms with van der Waals surface area (Å²) in [7, 11) is 0. The first-order chi connectivity index (χ1) is 9.54. The van der Waals surface area contributed by atoms with Gasteiger partial charge in [0, 0.05) is 4.88 Å². The summed E-state index contributed by atoms with van der Waals surface area (Å²) < 4.78 is 0. The van der Waals surface area contributed by atoms with Crippen molar-refractivity contribution in [3.63, 3.8) is 0 Å². The molecule has 5 nitrogen and oxygen atoms in total. The third-order valence-electron chi connectivity index (χ3n) is 2.83. The zero-order valence-electron chi connectivity index (χ0n) is 11.2. The highest BCUT2D eigenvalue weighted by atomic mass is 32.1. The molecule has 6 heteroatoms. The number of rotatable bonds is 3. The molecule has 0 aliphatic rings. The van der Waals surface area contributed by atoms with Gasteiger partial charge in [0.15, 0.2) is 0 Å². The third-order valence-corrected chi connectivity index (χ3v) is 4.22. The van der Waals surface area contributed by atoms with Gasteiger partial charge in [-0.05, 0) is 43.3 Å². The number of aliphatic hydroxyl groups is 1. The van der Waals surface area contributed by atoms with Crippen molar-refractivity contribution in [2.45, 2.75) is 19.4 Å². The first kappa shape index (κ1) is 13.0. The molecule has 3 aromatic rings. The highest BCUT2D eigenvalue weighted by molar-refractivity contribution is 7.15. The van der Waals surface area contributed by atoms with E-state index in [1.165, 1.54) is 16.1 Å². The first-order valence-corrected chi connectivity index (χ1v) is 7.04. The van der Waals surface area contributed by atoms with Gasteiger partial charge in [-0.25, -0.2) is 0 Å². The number of hydrogen-bond donors (Lipinski definition) is 1. The molecule has 0 unspecified atom stereocenters. The SMILES string of the molecule is CC(C)(O)c1ccc(-c2nnn(-c3ccccc3)n2)s1. The molecule has 0 saturated heterocycles. The molecule has 102 valence electrons. The zero-order chi connectivity index (χ0) is 14.2. The molecular weight excluding hydrogens is 272 g/mol. The molecule has 2 aromatic heterocycles. The maximum absolute atomic E-state index is 9.98. The Morgan fingerprint density at radius 1 is 1.10 bits per heavy atom. The molecule has 20 heavy (non-hydrogen) atoms. The van der Waals surface area contributed by atoms with Crippen LogP contribution in [0.25, 0.3) is 16.4 Å². The van der Waals surface area contributed by atoms with Gasteiger partial charge in [0.05, 0.1) is 16.2 Å². The standard InChI is InChI=1S/C14H14N4OS/c1-14(2,19)12-9-8-11(20-12)13-15-17-18(16-13)10-6-4-3-5-7-10/h3-9,19H,1-2H3. The smallest absolute Gasteiger partial charge is 0.215 e. The molecule has 0 amide bonds. The number of hydrogen-bond acceptors (Lipinski definition) is 5. The number of benzene rings is 1. The summed E-state index contributed by atoms with van der Waals surface area (Å²) in [6.07, 6.45) is 0. The Kier molecular flexibility index (Phi) is 3.11. The van der Waals surface area contributed by atoms with Crippen molar-refractivity contribution in [1.29, 1.82) is 0 Å². The van der Waals surface area contributed by atoms with E-state index in [0.29, 0.717) is 5.82 Å². The van der Waals surface area contributed by atoms with Gasteiger partial charge in [0.2, 0.25) is 5.82 Å². The van der Waals surface area contributed by atoms with E-state index in [-0.39, 0.29) is 0 Å². The molecule has 0 aliphatic carbocycles. The van der Waals surface area contributed by atoms with Crippen molar-refractivity contribution >= 4 is 11.3 Å². The van der Waals surface area contributed by atoms with Gasteiger partial charge >= 0.3 is 0 Å². The maximum atomic E-state index is 9.98. The van der Waals surface area contributed by atoms with Crippen molar-refractivity contribution in [3.05, 3.63) is 47.3 Å². The Bertz CT molecular complexity index is 712. The number of nitrogens with zero attached hydrogens (tertiary/aromatic N) is 4. The van der Waals surface area contributed by atoms with Gasteiger partial charge in [0.1, 0.15) is 0 Å². The van der Waals surface area contributed by atoms with Crippen LogP contribution >= 0.6 is 11.3 Å². The van der Waals surface area contributed by atoms with Crippen molar-refractivity contribution in [2.24, 2.45) is 0 Å². The lowest BCUT2D eigenvalue weighted by Crippen LogP contribution is -2.12. The molecule has 3 rings (SSSR count). The summed E-state index contributed by atoms with van der Waals surface area (Å²) in [6, 6.07) is 13.4. The van der Waals surface area contributed by atoms with E-state index in [4.69, 9.17) is 0 Å². The lowest BCUT2D eigenvalue weighted by molar-refractivity contribution is 0.0825. The molecule has 0 aliphatic heterocycles. The number of tetrazole rings is 1. The van der Waals surface area contributed by atoms with Crippen molar-refractivity contribution in [1.82, 2.24) is 20.2 Å². The maximum Gasteiger partial charge on any atom is 0.215 e. The predicted octanol–water partition coefficient (Wildman–Crippen LogP) is 2.62. The molecule has 1 N–H and O–H groups in total.